The molecular formula is C12H18ClN3O. The topological polar surface area (TPSA) is 38.1 Å². The Hall–Kier alpha value is -1.03. The van der Waals surface area contributed by atoms with Crippen LogP contribution in [0.1, 0.15) is 35.8 Å². The smallest absolute Gasteiger partial charge is 0.258 e. The van der Waals surface area contributed by atoms with E-state index in [9.17, 15) is 4.79 Å². The molecular weight excluding hydrogens is 238 g/mol. The van der Waals surface area contributed by atoms with E-state index in [4.69, 9.17) is 11.6 Å². The number of aryl methyl sites for hydroxylation is 2. The summed E-state index contributed by atoms with van der Waals surface area (Å²) >= 11 is 6.12. The number of carbonyl (C=O) groups is 1. The van der Waals surface area contributed by atoms with Crippen LogP contribution in [0.3, 0.4) is 0 Å². The molecule has 1 saturated heterocycles. The second-order valence-electron chi connectivity index (χ2n) is 4.87. The first-order valence-corrected chi connectivity index (χ1v) is 6.37. The van der Waals surface area contributed by atoms with Gasteiger partial charge in [-0.25, -0.2) is 0 Å². The number of carbonyl (C=O) groups excluding carboxylic acids is 1. The zero-order chi connectivity index (χ0) is 12.6. The summed E-state index contributed by atoms with van der Waals surface area (Å²) in [5.74, 6) is 0.593. The number of piperidine rings is 1. The lowest BCUT2D eigenvalue weighted by Crippen LogP contribution is -2.39. The quantitative estimate of drug-likeness (QED) is 0.772. The Kier molecular flexibility index (Phi) is 3.43. The van der Waals surface area contributed by atoms with Gasteiger partial charge in [0, 0.05) is 20.1 Å². The largest absolute Gasteiger partial charge is 0.338 e. The van der Waals surface area contributed by atoms with Crippen LogP contribution in [0.25, 0.3) is 0 Å². The molecule has 0 radical (unpaired) electrons. The SMILES string of the molecule is Cc1nn(C)c(Cl)c1C(=O)N1CCC[C@H](C)C1. The molecule has 0 saturated carbocycles. The molecule has 0 aromatic carbocycles. The molecule has 1 amide bonds. The number of aromatic nitrogens is 2. The molecule has 0 bridgehead atoms. The molecule has 0 unspecified atom stereocenters. The van der Waals surface area contributed by atoms with E-state index < -0.39 is 0 Å². The van der Waals surface area contributed by atoms with Crippen molar-refractivity contribution in [2.75, 3.05) is 13.1 Å². The third-order valence-corrected chi connectivity index (χ3v) is 3.74. The van der Waals surface area contributed by atoms with Crippen LogP contribution in [0.15, 0.2) is 0 Å². The van der Waals surface area contributed by atoms with E-state index >= 15 is 0 Å². The first kappa shape index (κ1) is 12.4. The third-order valence-electron chi connectivity index (χ3n) is 3.31. The predicted octanol–water partition coefficient (Wildman–Crippen LogP) is 2.25. The van der Waals surface area contributed by atoms with Gasteiger partial charge in [-0.05, 0) is 25.7 Å². The van der Waals surface area contributed by atoms with Gasteiger partial charge in [0.25, 0.3) is 5.91 Å². The summed E-state index contributed by atoms with van der Waals surface area (Å²) < 4.78 is 1.55. The van der Waals surface area contributed by atoms with E-state index in [1.165, 1.54) is 6.42 Å². The van der Waals surface area contributed by atoms with Crippen molar-refractivity contribution in [2.45, 2.75) is 26.7 Å². The molecule has 5 heteroatoms. The number of hydrogen-bond donors (Lipinski definition) is 0. The molecule has 2 rings (SSSR count). The fraction of sp³-hybridized carbons (Fsp3) is 0.667. The molecule has 1 aromatic rings. The Morgan fingerprint density at radius 2 is 2.24 bits per heavy atom. The van der Waals surface area contributed by atoms with Crippen molar-refractivity contribution in [3.05, 3.63) is 16.4 Å². The molecule has 1 fully saturated rings. The van der Waals surface area contributed by atoms with Crippen LogP contribution in [0, 0.1) is 12.8 Å². The van der Waals surface area contributed by atoms with Crippen LogP contribution >= 0.6 is 11.6 Å². The Morgan fingerprint density at radius 3 is 2.76 bits per heavy atom. The minimum absolute atomic E-state index is 0.0205. The van der Waals surface area contributed by atoms with Gasteiger partial charge in [-0.3, -0.25) is 9.48 Å². The van der Waals surface area contributed by atoms with Gasteiger partial charge >= 0.3 is 0 Å². The number of likely N-dealkylation sites (tertiary alicyclic amines) is 1. The van der Waals surface area contributed by atoms with E-state index in [0.29, 0.717) is 22.3 Å². The number of hydrogen-bond acceptors (Lipinski definition) is 2. The van der Waals surface area contributed by atoms with Gasteiger partial charge in [0.05, 0.1) is 11.3 Å². The fourth-order valence-electron chi connectivity index (χ4n) is 2.40. The van der Waals surface area contributed by atoms with Gasteiger partial charge in [-0.2, -0.15) is 5.10 Å². The summed E-state index contributed by atoms with van der Waals surface area (Å²) in [5, 5.41) is 4.62. The normalized spacial score (nSPS) is 20.7. The van der Waals surface area contributed by atoms with E-state index in [2.05, 4.69) is 12.0 Å². The first-order valence-electron chi connectivity index (χ1n) is 5.99. The minimum atomic E-state index is 0.0205. The summed E-state index contributed by atoms with van der Waals surface area (Å²) in [4.78, 5) is 14.3. The molecule has 0 aliphatic carbocycles. The molecule has 1 atom stereocenters. The number of rotatable bonds is 1. The van der Waals surface area contributed by atoms with Gasteiger partial charge in [0.2, 0.25) is 0 Å². The van der Waals surface area contributed by atoms with Gasteiger partial charge in [0.1, 0.15) is 5.15 Å². The Morgan fingerprint density at radius 1 is 1.53 bits per heavy atom. The highest BCUT2D eigenvalue weighted by Crippen LogP contribution is 2.23. The minimum Gasteiger partial charge on any atom is -0.338 e. The highest BCUT2D eigenvalue weighted by molar-refractivity contribution is 6.33. The maximum atomic E-state index is 12.4. The molecule has 1 aromatic heterocycles. The summed E-state index contributed by atoms with van der Waals surface area (Å²) in [7, 11) is 1.75. The molecule has 0 spiro atoms. The Bertz CT molecular complexity index is 441. The standard InChI is InChI=1S/C12H18ClN3O/c1-8-5-4-6-16(7-8)12(17)10-9(2)14-15(3)11(10)13/h8H,4-7H2,1-3H3/t8-/m0/s1. The summed E-state index contributed by atoms with van der Waals surface area (Å²) in [5.41, 5.74) is 1.27. The van der Waals surface area contributed by atoms with Crippen molar-refractivity contribution in [1.29, 1.82) is 0 Å². The number of amides is 1. The second-order valence-corrected chi connectivity index (χ2v) is 5.23. The third kappa shape index (κ3) is 2.32. The first-order chi connectivity index (χ1) is 8.00. The molecule has 1 aliphatic rings. The van der Waals surface area contributed by atoms with Crippen LogP contribution in [0.2, 0.25) is 5.15 Å². The van der Waals surface area contributed by atoms with Crippen LogP contribution in [0.4, 0.5) is 0 Å². The van der Waals surface area contributed by atoms with E-state index in [-0.39, 0.29) is 5.91 Å². The number of nitrogens with zero attached hydrogens (tertiary/aromatic N) is 3. The van der Waals surface area contributed by atoms with Crippen LogP contribution in [-0.2, 0) is 7.05 Å². The highest BCUT2D eigenvalue weighted by Gasteiger charge is 2.27. The van der Waals surface area contributed by atoms with Gasteiger partial charge < -0.3 is 4.90 Å². The van der Waals surface area contributed by atoms with E-state index in [1.807, 2.05) is 11.8 Å². The van der Waals surface area contributed by atoms with Crippen LogP contribution in [0.5, 0.6) is 0 Å². The Labute approximate surface area is 107 Å². The average Bonchev–Trinajstić information content (AvgIpc) is 2.52. The number of halogens is 1. The summed E-state index contributed by atoms with van der Waals surface area (Å²) in [6.07, 6.45) is 2.27. The van der Waals surface area contributed by atoms with Crippen molar-refractivity contribution >= 4 is 17.5 Å². The van der Waals surface area contributed by atoms with Crippen molar-refractivity contribution in [3.63, 3.8) is 0 Å². The van der Waals surface area contributed by atoms with Crippen molar-refractivity contribution < 1.29 is 4.79 Å². The lowest BCUT2D eigenvalue weighted by atomic mass is 9.99. The zero-order valence-corrected chi connectivity index (χ0v) is 11.3. The van der Waals surface area contributed by atoms with Crippen LogP contribution < -0.4 is 0 Å². The molecule has 94 valence electrons. The highest BCUT2D eigenvalue weighted by atomic mass is 35.5. The van der Waals surface area contributed by atoms with E-state index in [1.54, 1.807) is 11.7 Å². The Balaban J connectivity index is 2.24. The van der Waals surface area contributed by atoms with Crippen molar-refractivity contribution in [1.82, 2.24) is 14.7 Å². The zero-order valence-electron chi connectivity index (χ0n) is 10.5. The maximum absolute atomic E-state index is 12.4. The lowest BCUT2D eigenvalue weighted by molar-refractivity contribution is 0.0682. The average molecular weight is 256 g/mol. The molecule has 4 nitrogen and oxygen atoms in total. The van der Waals surface area contributed by atoms with E-state index in [0.717, 1.165) is 19.5 Å². The maximum Gasteiger partial charge on any atom is 0.258 e. The second kappa shape index (κ2) is 4.69. The molecule has 1 aliphatic heterocycles. The predicted molar refractivity (Wildman–Crippen MR) is 67.3 cm³/mol. The van der Waals surface area contributed by atoms with Gasteiger partial charge in [-0.15, -0.1) is 0 Å². The lowest BCUT2D eigenvalue weighted by Gasteiger charge is -2.30. The molecule has 0 N–H and O–H groups in total. The van der Waals surface area contributed by atoms with Crippen molar-refractivity contribution in [2.24, 2.45) is 13.0 Å². The summed E-state index contributed by atoms with van der Waals surface area (Å²) in [6.45, 7) is 5.65. The fourth-order valence-corrected chi connectivity index (χ4v) is 2.66. The molecule has 17 heavy (non-hydrogen) atoms. The monoisotopic (exact) mass is 255 g/mol. The van der Waals surface area contributed by atoms with Gasteiger partial charge in [-0.1, -0.05) is 18.5 Å². The van der Waals surface area contributed by atoms with Gasteiger partial charge in [0.15, 0.2) is 0 Å². The van der Waals surface area contributed by atoms with Crippen molar-refractivity contribution in [3.8, 4) is 0 Å². The molecule has 2 heterocycles. The van der Waals surface area contributed by atoms with Crippen LogP contribution in [-0.4, -0.2) is 33.7 Å². The summed E-state index contributed by atoms with van der Waals surface area (Å²) in [6, 6.07) is 0.